The first kappa shape index (κ1) is 14.5. The van der Waals surface area contributed by atoms with Gasteiger partial charge in [0.2, 0.25) is 5.91 Å². The van der Waals surface area contributed by atoms with Crippen LogP contribution in [0, 0.1) is 10.1 Å². The van der Waals surface area contributed by atoms with Crippen LogP contribution in [0.25, 0.3) is 0 Å². The van der Waals surface area contributed by atoms with E-state index in [1.165, 1.54) is 6.07 Å². The van der Waals surface area contributed by atoms with Crippen molar-refractivity contribution in [3.63, 3.8) is 0 Å². The van der Waals surface area contributed by atoms with Crippen LogP contribution in [0.3, 0.4) is 0 Å². The lowest BCUT2D eigenvalue weighted by atomic mass is 10.0. The zero-order chi connectivity index (χ0) is 14.5. The molecule has 1 N–H and O–H groups in total. The smallest absolute Gasteiger partial charge is 0.273 e. The van der Waals surface area contributed by atoms with E-state index in [2.05, 4.69) is 0 Å². The number of hydrogen-bond donors (Lipinski definition) is 1. The topological polar surface area (TPSA) is 83.7 Å². The lowest BCUT2D eigenvalue weighted by Crippen LogP contribution is -2.46. The molecule has 20 heavy (non-hydrogen) atoms. The van der Waals surface area contributed by atoms with Crippen LogP contribution in [-0.4, -0.2) is 40.0 Å². The molecular formula is C14H18N2O4. The van der Waals surface area contributed by atoms with Gasteiger partial charge in [0.25, 0.3) is 5.69 Å². The van der Waals surface area contributed by atoms with Gasteiger partial charge in [0.05, 0.1) is 24.0 Å². The number of benzene rings is 1. The van der Waals surface area contributed by atoms with Crippen LogP contribution in [0.2, 0.25) is 0 Å². The highest BCUT2D eigenvalue weighted by Gasteiger charge is 2.27. The molecule has 1 aromatic rings. The zero-order valence-electron chi connectivity index (χ0n) is 11.2. The minimum atomic E-state index is -0.470. The second-order valence-electron chi connectivity index (χ2n) is 4.98. The van der Waals surface area contributed by atoms with Crippen molar-refractivity contribution in [2.75, 3.05) is 13.2 Å². The number of rotatable bonds is 4. The second kappa shape index (κ2) is 6.47. The van der Waals surface area contributed by atoms with Gasteiger partial charge in [0, 0.05) is 18.2 Å². The summed E-state index contributed by atoms with van der Waals surface area (Å²) in [7, 11) is 0. The number of hydrogen-bond acceptors (Lipinski definition) is 4. The van der Waals surface area contributed by atoms with Crippen molar-refractivity contribution in [2.24, 2.45) is 0 Å². The summed E-state index contributed by atoms with van der Waals surface area (Å²) < 4.78 is 0. The van der Waals surface area contributed by atoms with E-state index in [4.69, 9.17) is 0 Å². The molecule has 1 aliphatic heterocycles. The van der Waals surface area contributed by atoms with Crippen molar-refractivity contribution in [3.05, 3.63) is 39.9 Å². The molecule has 0 bridgehead atoms. The van der Waals surface area contributed by atoms with Gasteiger partial charge in [-0.1, -0.05) is 18.2 Å². The Kier molecular flexibility index (Phi) is 4.68. The third kappa shape index (κ3) is 3.14. The molecule has 0 aromatic heterocycles. The summed E-state index contributed by atoms with van der Waals surface area (Å²) in [5.41, 5.74) is 0.392. The molecule has 108 valence electrons. The Balaban J connectivity index is 2.13. The van der Waals surface area contributed by atoms with Gasteiger partial charge < -0.3 is 10.0 Å². The van der Waals surface area contributed by atoms with Crippen LogP contribution in [0.1, 0.15) is 24.8 Å². The van der Waals surface area contributed by atoms with Crippen LogP contribution in [0.15, 0.2) is 24.3 Å². The summed E-state index contributed by atoms with van der Waals surface area (Å²) in [4.78, 5) is 24.4. The Morgan fingerprint density at radius 1 is 1.40 bits per heavy atom. The van der Waals surface area contributed by atoms with Crippen LogP contribution >= 0.6 is 0 Å². The van der Waals surface area contributed by atoms with Gasteiger partial charge in [0.1, 0.15) is 0 Å². The monoisotopic (exact) mass is 278 g/mol. The molecule has 2 rings (SSSR count). The van der Waals surface area contributed by atoms with Gasteiger partial charge in [-0.2, -0.15) is 0 Å². The summed E-state index contributed by atoms with van der Waals surface area (Å²) >= 11 is 0. The van der Waals surface area contributed by atoms with Crippen molar-refractivity contribution in [1.29, 1.82) is 0 Å². The van der Waals surface area contributed by atoms with E-state index in [-0.39, 0.29) is 30.7 Å². The molecule has 0 radical (unpaired) electrons. The lowest BCUT2D eigenvalue weighted by molar-refractivity contribution is -0.385. The van der Waals surface area contributed by atoms with Gasteiger partial charge in [-0.25, -0.2) is 0 Å². The molecule has 1 fully saturated rings. The quantitative estimate of drug-likeness (QED) is 0.668. The number of nitrogens with zero attached hydrogens (tertiary/aromatic N) is 2. The number of nitro groups is 1. The number of likely N-dealkylation sites (tertiary alicyclic amines) is 1. The number of carbonyl (C=O) groups excluding carboxylic acids is 1. The Hall–Kier alpha value is -1.95. The van der Waals surface area contributed by atoms with Gasteiger partial charge in [-0.05, 0) is 19.3 Å². The van der Waals surface area contributed by atoms with Gasteiger partial charge in [0.15, 0.2) is 0 Å². The first-order valence-electron chi connectivity index (χ1n) is 6.76. The summed E-state index contributed by atoms with van der Waals surface area (Å²) in [6, 6.07) is 6.13. The van der Waals surface area contributed by atoms with Crippen molar-refractivity contribution in [2.45, 2.75) is 31.7 Å². The molecule has 1 unspecified atom stereocenters. The molecule has 0 aliphatic carbocycles. The molecule has 1 saturated heterocycles. The average Bonchev–Trinajstić information content (AvgIpc) is 2.47. The van der Waals surface area contributed by atoms with E-state index >= 15 is 0 Å². The number of para-hydroxylation sites is 1. The molecule has 6 heteroatoms. The van der Waals surface area contributed by atoms with Crippen molar-refractivity contribution in [3.8, 4) is 0 Å². The lowest BCUT2D eigenvalue weighted by Gasteiger charge is -2.34. The van der Waals surface area contributed by atoms with Crippen LogP contribution in [-0.2, 0) is 11.2 Å². The van der Waals surface area contributed by atoms with Crippen LogP contribution < -0.4 is 0 Å². The third-order valence-corrected chi connectivity index (χ3v) is 3.69. The molecule has 1 amide bonds. The fourth-order valence-corrected chi connectivity index (χ4v) is 2.62. The van der Waals surface area contributed by atoms with Crippen LogP contribution in [0.4, 0.5) is 5.69 Å². The SMILES string of the molecule is O=C(Cc1ccccc1[N+](=O)[O-])N1CCCCC1CO. The number of aliphatic hydroxyl groups is 1. The minimum absolute atomic E-state index is 0.00759. The Bertz CT molecular complexity index is 504. The van der Waals surface area contributed by atoms with Gasteiger partial charge in [-0.15, -0.1) is 0 Å². The Labute approximate surface area is 117 Å². The Morgan fingerprint density at radius 2 is 2.15 bits per heavy atom. The fraction of sp³-hybridized carbons (Fsp3) is 0.500. The van der Waals surface area contributed by atoms with Crippen LogP contribution in [0.5, 0.6) is 0 Å². The predicted molar refractivity (Wildman–Crippen MR) is 73.2 cm³/mol. The summed E-state index contributed by atoms with van der Waals surface area (Å²) in [6.07, 6.45) is 2.71. The van der Waals surface area contributed by atoms with E-state index in [1.54, 1.807) is 23.1 Å². The van der Waals surface area contributed by atoms with Crippen molar-refractivity contribution in [1.82, 2.24) is 4.90 Å². The maximum absolute atomic E-state index is 12.3. The van der Waals surface area contributed by atoms with Crippen molar-refractivity contribution < 1.29 is 14.8 Å². The predicted octanol–water partition coefficient (Wildman–Crippen LogP) is 1.51. The first-order chi connectivity index (χ1) is 9.63. The van der Waals surface area contributed by atoms with Gasteiger partial charge >= 0.3 is 0 Å². The summed E-state index contributed by atoms with van der Waals surface area (Å²) in [5, 5.41) is 20.3. The highest BCUT2D eigenvalue weighted by Crippen LogP contribution is 2.22. The standard InChI is InChI=1S/C14H18N2O4/c17-10-12-6-3-4-8-15(12)14(18)9-11-5-1-2-7-13(11)16(19)20/h1-2,5,7,12,17H,3-4,6,8-10H2. The number of piperidine rings is 1. The zero-order valence-corrected chi connectivity index (χ0v) is 11.2. The van der Waals surface area contributed by atoms with Crippen molar-refractivity contribution >= 4 is 11.6 Å². The molecule has 1 atom stereocenters. The molecule has 0 saturated carbocycles. The second-order valence-corrected chi connectivity index (χ2v) is 4.98. The number of carbonyl (C=O) groups is 1. The number of aliphatic hydroxyl groups excluding tert-OH is 1. The fourth-order valence-electron chi connectivity index (χ4n) is 2.62. The number of amides is 1. The molecule has 1 heterocycles. The maximum Gasteiger partial charge on any atom is 0.273 e. The largest absolute Gasteiger partial charge is 0.394 e. The van der Waals surface area contributed by atoms with Gasteiger partial charge in [-0.3, -0.25) is 14.9 Å². The molecule has 0 spiro atoms. The minimum Gasteiger partial charge on any atom is -0.394 e. The number of nitro benzene ring substituents is 1. The summed E-state index contributed by atoms with van der Waals surface area (Å²) in [6.45, 7) is 0.563. The highest BCUT2D eigenvalue weighted by atomic mass is 16.6. The average molecular weight is 278 g/mol. The van der Waals surface area contributed by atoms with E-state index in [1.807, 2.05) is 0 Å². The van der Waals surface area contributed by atoms with E-state index in [0.29, 0.717) is 12.1 Å². The molecular weight excluding hydrogens is 260 g/mol. The maximum atomic E-state index is 12.3. The van der Waals surface area contributed by atoms with E-state index < -0.39 is 4.92 Å². The molecule has 1 aromatic carbocycles. The normalized spacial score (nSPS) is 18.9. The Morgan fingerprint density at radius 3 is 2.85 bits per heavy atom. The highest BCUT2D eigenvalue weighted by molar-refractivity contribution is 5.80. The van der Waals surface area contributed by atoms with E-state index in [9.17, 15) is 20.0 Å². The molecule has 6 nitrogen and oxygen atoms in total. The summed E-state index contributed by atoms with van der Waals surface area (Å²) in [5.74, 6) is -0.155. The third-order valence-electron chi connectivity index (χ3n) is 3.69. The first-order valence-corrected chi connectivity index (χ1v) is 6.76. The molecule has 1 aliphatic rings. The van der Waals surface area contributed by atoms with E-state index in [0.717, 1.165) is 19.3 Å².